The molecule has 0 saturated carbocycles. The normalized spacial score (nSPS) is 13.9. The molecule has 4 atom stereocenters. The fourth-order valence-corrected chi connectivity index (χ4v) is 5.45. The molecular formula is C31H37N4O9P. The number of carbonyl (C=O) groups is 4. The number of amides is 3. The lowest BCUT2D eigenvalue weighted by Gasteiger charge is -2.26. The number of aliphatic carboxylic acids is 1. The minimum Gasteiger partial charge on any atom is -0.508 e. The van der Waals surface area contributed by atoms with Gasteiger partial charge in [0.2, 0.25) is 17.7 Å². The van der Waals surface area contributed by atoms with Gasteiger partial charge < -0.3 is 36.0 Å². The molecule has 45 heavy (non-hydrogen) atoms. The number of nitrogens with one attached hydrogen (secondary N) is 4. The van der Waals surface area contributed by atoms with Crippen LogP contribution in [0.2, 0.25) is 0 Å². The predicted molar refractivity (Wildman–Crippen MR) is 165 cm³/mol. The van der Waals surface area contributed by atoms with Crippen LogP contribution >= 0.6 is 7.60 Å². The van der Waals surface area contributed by atoms with Crippen LogP contribution in [0, 0.1) is 0 Å². The molecule has 1 unspecified atom stereocenters. The molecule has 13 nitrogen and oxygen atoms in total. The van der Waals surface area contributed by atoms with E-state index in [1.54, 1.807) is 67.6 Å². The van der Waals surface area contributed by atoms with Crippen molar-refractivity contribution in [1.82, 2.24) is 21.3 Å². The van der Waals surface area contributed by atoms with Crippen molar-refractivity contribution in [1.29, 1.82) is 0 Å². The molecule has 3 aromatic rings. The minimum atomic E-state index is -4.79. The van der Waals surface area contributed by atoms with Crippen molar-refractivity contribution in [2.45, 2.75) is 50.1 Å². The Kier molecular flexibility index (Phi) is 12.8. The summed E-state index contributed by atoms with van der Waals surface area (Å²) in [5.74, 6) is -5.00. The van der Waals surface area contributed by atoms with Crippen LogP contribution in [0.25, 0.3) is 0 Å². The van der Waals surface area contributed by atoms with Gasteiger partial charge in [-0.25, -0.2) is 4.79 Å². The standard InChI is InChI=1S/C31H37N4O9P/c1-2-24(31(40)41)34-29(39)26(18-21-13-15-23(36)16-14-21)33-27(37)19-32-28(38)25(17-20-9-5-3-6-10-20)35-30(45(42,43)44)22-11-7-4-8-12-22/h3-16,24-26,30,35-36H,2,17-19H2,1H3,(H,32,38)(H,33,37)(H,34,39)(H,40,41)(H2,42,43,44)/t24-,25-,26-,30?/m0/s1. The molecule has 0 aliphatic carbocycles. The zero-order valence-corrected chi connectivity index (χ0v) is 25.4. The van der Waals surface area contributed by atoms with Gasteiger partial charge in [0.1, 0.15) is 23.6 Å². The van der Waals surface area contributed by atoms with Gasteiger partial charge in [0.25, 0.3) is 0 Å². The monoisotopic (exact) mass is 640 g/mol. The molecule has 3 aromatic carbocycles. The second-order valence-electron chi connectivity index (χ2n) is 10.3. The van der Waals surface area contributed by atoms with E-state index >= 15 is 0 Å². The molecule has 0 radical (unpaired) electrons. The molecule has 0 heterocycles. The smallest absolute Gasteiger partial charge is 0.346 e. The Balaban J connectivity index is 1.76. The van der Waals surface area contributed by atoms with E-state index in [-0.39, 0.29) is 30.6 Å². The van der Waals surface area contributed by atoms with Crippen LogP contribution in [0.3, 0.4) is 0 Å². The van der Waals surface area contributed by atoms with Crippen LogP contribution in [0.4, 0.5) is 0 Å². The van der Waals surface area contributed by atoms with E-state index in [1.807, 2.05) is 0 Å². The Bertz CT molecular complexity index is 1480. The molecule has 0 spiro atoms. The van der Waals surface area contributed by atoms with Gasteiger partial charge in [-0.3, -0.25) is 24.3 Å². The highest BCUT2D eigenvalue weighted by Crippen LogP contribution is 2.50. The number of carboxylic acids is 1. The number of carboxylic acid groups (broad SMARTS) is 1. The highest BCUT2D eigenvalue weighted by Gasteiger charge is 2.35. The molecular weight excluding hydrogens is 603 g/mol. The van der Waals surface area contributed by atoms with Crippen molar-refractivity contribution in [2.75, 3.05) is 6.54 Å². The summed E-state index contributed by atoms with van der Waals surface area (Å²) in [5, 5.41) is 29.1. The highest BCUT2D eigenvalue weighted by atomic mass is 31.2. The van der Waals surface area contributed by atoms with Gasteiger partial charge in [0, 0.05) is 6.42 Å². The van der Waals surface area contributed by atoms with Gasteiger partial charge in [-0.05, 0) is 41.7 Å². The average molecular weight is 641 g/mol. The van der Waals surface area contributed by atoms with Gasteiger partial charge in [-0.2, -0.15) is 0 Å². The van der Waals surface area contributed by atoms with Crippen LogP contribution in [0.1, 0.15) is 35.8 Å². The SMILES string of the molecule is CC[C@H](NC(=O)[C@H](Cc1ccc(O)cc1)NC(=O)CNC(=O)[C@H](Cc1ccccc1)NC(c1ccccc1)P(=O)(O)O)C(=O)O. The number of carbonyl (C=O) groups excluding carboxylic acids is 3. The quantitative estimate of drug-likeness (QED) is 0.106. The van der Waals surface area contributed by atoms with Crippen LogP contribution in [0.5, 0.6) is 5.75 Å². The van der Waals surface area contributed by atoms with Crippen molar-refractivity contribution >= 4 is 31.3 Å². The topological polar surface area (TPSA) is 214 Å². The molecule has 0 aliphatic heterocycles. The first-order chi connectivity index (χ1) is 21.4. The van der Waals surface area contributed by atoms with E-state index in [9.17, 15) is 43.7 Å². The fourth-order valence-electron chi connectivity index (χ4n) is 4.51. The molecule has 0 fully saturated rings. The number of rotatable bonds is 16. The third kappa shape index (κ3) is 11.1. The number of phenols is 1. The molecule has 14 heteroatoms. The maximum absolute atomic E-state index is 13.4. The summed E-state index contributed by atoms with van der Waals surface area (Å²) in [6.45, 7) is 0.990. The number of hydrogen-bond donors (Lipinski definition) is 8. The molecule has 3 rings (SSSR count). The zero-order chi connectivity index (χ0) is 33.0. The van der Waals surface area contributed by atoms with Gasteiger partial charge in [-0.15, -0.1) is 0 Å². The van der Waals surface area contributed by atoms with E-state index in [0.29, 0.717) is 11.1 Å². The average Bonchev–Trinajstić information content (AvgIpc) is 3.01. The van der Waals surface area contributed by atoms with Crippen molar-refractivity contribution in [2.24, 2.45) is 0 Å². The van der Waals surface area contributed by atoms with Crippen LogP contribution < -0.4 is 21.3 Å². The largest absolute Gasteiger partial charge is 0.508 e. The van der Waals surface area contributed by atoms with Gasteiger partial charge in [0.15, 0.2) is 0 Å². The first-order valence-corrected chi connectivity index (χ1v) is 15.8. The third-order valence-corrected chi connectivity index (χ3v) is 8.00. The number of hydrogen-bond acceptors (Lipinski definition) is 7. The summed E-state index contributed by atoms with van der Waals surface area (Å²) in [6, 6.07) is 19.0. The number of phenolic OH excluding ortho intramolecular Hbond substituents is 1. The fraction of sp³-hybridized carbons (Fsp3) is 0.290. The second kappa shape index (κ2) is 16.5. The third-order valence-electron chi connectivity index (χ3n) is 6.88. The maximum Gasteiger partial charge on any atom is 0.346 e. The van der Waals surface area contributed by atoms with Gasteiger partial charge in [-0.1, -0.05) is 79.7 Å². The predicted octanol–water partition coefficient (Wildman–Crippen LogP) is 1.59. The van der Waals surface area contributed by atoms with E-state index in [4.69, 9.17) is 0 Å². The Labute approximate surface area is 260 Å². The van der Waals surface area contributed by atoms with E-state index in [2.05, 4.69) is 21.3 Å². The second-order valence-corrected chi connectivity index (χ2v) is 12.0. The molecule has 8 N–H and O–H groups in total. The molecule has 0 bridgehead atoms. The minimum absolute atomic E-state index is 0.00431. The Hall–Kier alpha value is -4.55. The summed E-state index contributed by atoms with van der Waals surface area (Å²) in [7, 11) is -4.79. The van der Waals surface area contributed by atoms with Crippen LogP contribution in [-0.2, 0) is 36.6 Å². The lowest BCUT2D eigenvalue weighted by molar-refractivity contribution is -0.142. The summed E-state index contributed by atoms with van der Waals surface area (Å²) in [5.41, 5.74) is 1.53. The van der Waals surface area contributed by atoms with Gasteiger partial charge in [0.05, 0.1) is 12.6 Å². The van der Waals surface area contributed by atoms with Crippen LogP contribution in [-0.4, -0.2) is 68.4 Å². The summed E-state index contributed by atoms with van der Waals surface area (Å²) in [4.78, 5) is 71.1. The lowest BCUT2D eigenvalue weighted by atomic mass is 10.0. The van der Waals surface area contributed by atoms with Crippen molar-refractivity contribution in [3.63, 3.8) is 0 Å². The summed E-state index contributed by atoms with van der Waals surface area (Å²) >= 11 is 0. The first kappa shape index (κ1) is 34.9. The molecule has 0 saturated heterocycles. The molecule has 0 aromatic heterocycles. The van der Waals surface area contributed by atoms with Crippen molar-refractivity contribution in [3.05, 3.63) is 102 Å². The van der Waals surface area contributed by atoms with Gasteiger partial charge >= 0.3 is 13.6 Å². The lowest BCUT2D eigenvalue weighted by Crippen LogP contribution is -2.54. The maximum atomic E-state index is 13.4. The highest BCUT2D eigenvalue weighted by molar-refractivity contribution is 7.52. The number of benzene rings is 3. The molecule has 240 valence electrons. The van der Waals surface area contributed by atoms with E-state index < -0.39 is 61.7 Å². The Morgan fingerprint density at radius 1 is 0.733 bits per heavy atom. The van der Waals surface area contributed by atoms with E-state index in [0.717, 1.165) is 0 Å². The summed E-state index contributed by atoms with van der Waals surface area (Å²) in [6.07, 6.45) is 0.101. The molecule has 3 amide bonds. The number of aromatic hydroxyl groups is 1. The van der Waals surface area contributed by atoms with E-state index in [1.165, 1.54) is 24.3 Å². The summed E-state index contributed by atoms with van der Waals surface area (Å²) < 4.78 is 12.5. The van der Waals surface area contributed by atoms with Crippen molar-refractivity contribution in [3.8, 4) is 5.75 Å². The Morgan fingerprint density at radius 2 is 1.29 bits per heavy atom. The first-order valence-electron chi connectivity index (χ1n) is 14.2. The van der Waals surface area contributed by atoms with Crippen LogP contribution in [0.15, 0.2) is 84.9 Å². The molecule has 0 aliphatic rings. The Morgan fingerprint density at radius 3 is 1.84 bits per heavy atom. The zero-order valence-electron chi connectivity index (χ0n) is 24.5. The van der Waals surface area contributed by atoms with Crippen molar-refractivity contribution < 1.29 is 43.7 Å².